The van der Waals surface area contributed by atoms with E-state index in [0.29, 0.717) is 5.16 Å². The first-order valence-electron chi connectivity index (χ1n) is 4.92. The number of nitrogens with zero attached hydrogens (tertiary/aromatic N) is 3. The predicted octanol–water partition coefficient (Wildman–Crippen LogP) is 3.02. The number of benzene rings is 1. The zero-order chi connectivity index (χ0) is 13.1. The molecule has 0 N–H and O–H groups in total. The second kappa shape index (κ2) is 5.10. The van der Waals surface area contributed by atoms with E-state index >= 15 is 0 Å². The molecule has 0 spiro atoms. The highest BCUT2D eigenvalue weighted by Crippen LogP contribution is 2.26. The number of hydrogen-bond acceptors (Lipinski definition) is 4. The quantitative estimate of drug-likeness (QED) is 0.617. The van der Waals surface area contributed by atoms with Gasteiger partial charge in [0.2, 0.25) is 0 Å². The topological polar surface area (TPSA) is 49.6 Å². The van der Waals surface area contributed by atoms with Crippen LogP contribution in [0.3, 0.4) is 0 Å². The zero-order valence-corrected chi connectivity index (χ0v) is 10.1. The highest BCUT2D eigenvalue weighted by molar-refractivity contribution is 7.98. The third kappa shape index (κ3) is 2.31. The molecular weight excluding hydrogens is 256 g/mol. The van der Waals surface area contributed by atoms with E-state index in [1.807, 2.05) is 6.07 Å². The summed E-state index contributed by atoms with van der Waals surface area (Å²) in [6.45, 7) is 0. The monoisotopic (exact) mass is 263 g/mol. The molecule has 2 rings (SSSR count). The second-order valence-corrected chi connectivity index (χ2v) is 4.13. The van der Waals surface area contributed by atoms with Gasteiger partial charge in [-0.1, -0.05) is 11.8 Å². The van der Waals surface area contributed by atoms with Crippen LogP contribution in [-0.4, -0.2) is 16.2 Å². The molecule has 3 nitrogen and oxygen atoms in total. The summed E-state index contributed by atoms with van der Waals surface area (Å²) in [5, 5.41) is 9.43. The van der Waals surface area contributed by atoms with Crippen molar-refractivity contribution in [3.05, 3.63) is 41.7 Å². The predicted molar refractivity (Wildman–Crippen MR) is 63.9 cm³/mol. The molecule has 1 heterocycles. The van der Waals surface area contributed by atoms with Gasteiger partial charge in [-0.15, -0.1) is 0 Å². The largest absolute Gasteiger partial charge is 0.230 e. The highest BCUT2D eigenvalue weighted by atomic mass is 32.2. The lowest BCUT2D eigenvalue weighted by atomic mass is 10.1. The Morgan fingerprint density at radius 3 is 2.67 bits per heavy atom. The normalized spacial score (nSPS) is 10.1. The van der Waals surface area contributed by atoms with Gasteiger partial charge in [0.15, 0.2) is 10.9 Å². The van der Waals surface area contributed by atoms with Gasteiger partial charge in [-0.25, -0.2) is 18.7 Å². The van der Waals surface area contributed by atoms with E-state index in [2.05, 4.69) is 9.97 Å². The Morgan fingerprint density at radius 2 is 2.06 bits per heavy atom. The van der Waals surface area contributed by atoms with E-state index in [1.54, 1.807) is 6.26 Å². The minimum absolute atomic E-state index is 0.0693. The van der Waals surface area contributed by atoms with Crippen LogP contribution in [0, 0.1) is 23.0 Å². The van der Waals surface area contributed by atoms with Crippen LogP contribution in [0.25, 0.3) is 11.1 Å². The first kappa shape index (κ1) is 12.5. The van der Waals surface area contributed by atoms with Crippen molar-refractivity contribution in [3.8, 4) is 17.2 Å². The average molecular weight is 263 g/mol. The fraction of sp³-hybridized carbons (Fsp3) is 0.0833. The van der Waals surface area contributed by atoms with Gasteiger partial charge < -0.3 is 0 Å². The Morgan fingerprint density at radius 1 is 1.28 bits per heavy atom. The summed E-state index contributed by atoms with van der Waals surface area (Å²) < 4.78 is 26.4. The number of hydrogen-bond donors (Lipinski definition) is 0. The van der Waals surface area contributed by atoms with Gasteiger partial charge >= 0.3 is 0 Å². The minimum Gasteiger partial charge on any atom is -0.230 e. The zero-order valence-electron chi connectivity index (χ0n) is 9.32. The van der Waals surface area contributed by atoms with Crippen molar-refractivity contribution in [3.63, 3.8) is 0 Å². The fourth-order valence-electron chi connectivity index (χ4n) is 1.45. The molecule has 0 saturated heterocycles. The lowest BCUT2D eigenvalue weighted by molar-refractivity contribution is 0.585. The van der Waals surface area contributed by atoms with Crippen molar-refractivity contribution >= 4 is 11.8 Å². The van der Waals surface area contributed by atoms with Gasteiger partial charge in [-0.05, 0) is 18.4 Å². The summed E-state index contributed by atoms with van der Waals surface area (Å²) in [7, 11) is 0. The van der Waals surface area contributed by atoms with Gasteiger partial charge in [-0.2, -0.15) is 5.26 Å². The van der Waals surface area contributed by atoms with Gasteiger partial charge in [0.05, 0.1) is 0 Å². The van der Waals surface area contributed by atoms with Crippen molar-refractivity contribution in [2.45, 2.75) is 5.16 Å². The standard InChI is InChI=1S/C12H7F2N3S/c1-18-12-16-6-9(11(5-15)17-12)8-3-2-7(13)4-10(8)14/h2-4,6H,1H3. The summed E-state index contributed by atoms with van der Waals surface area (Å²) in [5.41, 5.74) is 0.438. The Hall–Kier alpha value is -2.00. The van der Waals surface area contributed by atoms with Crippen molar-refractivity contribution in [1.82, 2.24) is 9.97 Å². The van der Waals surface area contributed by atoms with Gasteiger partial charge in [0.1, 0.15) is 17.7 Å². The summed E-state index contributed by atoms with van der Waals surface area (Å²) in [5.74, 6) is -1.41. The first-order valence-corrected chi connectivity index (χ1v) is 6.14. The van der Waals surface area contributed by atoms with Gasteiger partial charge in [0, 0.05) is 23.4 Å². The molecule has 0 amide bonds. The number of aromatic nitrogens is 2. The van der Waals surface area contributed by atoms with E-state index < -0.39 is 11.6 Å². The molecule has 0 bridgehead atoms. The fourth-order valence-corrected chi connectivity index (χ4v) is 1.79. The van der Waals surface area contributed by atoms with Crippen LogP contribution in [0.5, 0.6) is 0 Å². The summed E-state index contributed by atoms with van der Waals surface area (Å²) in [4.78, 5) is 7.97. The molecule has 0 radical (unpaired) electrons. The van der Waals surface area contributed by atoms with E-state index in [4.69, 9.17) is 5.26 Å². The van der Waals surface area contributed by atoms with E-state index in [1.165, 1.54) is 24.0 Å². The van der Waals surface area contributed by atoms with Crippen LogP contribution < -0.4 is 0 Å². The van der Waals surface area contributed by atoms with Crippen LogP contribution in [0.1, 0.15) is 5.69 Å². The van der Waals surface area contributed by atoms with Crippen molar-refractivity contribution in [2.24, 2.45) is 0 Å². The molecule has 0 aliphatic heterocycles. The molecule has 0 unspecified atom stereocenters. The minimum atomic E-state index is -0.744. The summed E-state index contributed by atoms with van der Waals surface area (Å²) in [6, 6.07) is 5.04. The van der Waals surface area contributed by atoms with Crippen LogP contribution in [0.4, 0.5) is 8.78 Å². The first-order chi connectivity index (χ1) is 8.65. The number of thioether (sulfide) groups is 1. The molecule has 0 aliphatic rings. The lowest BCUT2D eigenvalue weighted by Gasteiger charge is -2.05. The van der Waals surface area contributed by atoms with Crippen molar-refractivity contribution in [1.29, 1.82) is 5.26 Å². The number of halogens is 2. The number of nitriles is 1. The molecule has 2 aromatic rings. The molecule has 0 atom stereocenters. The molecule has 18 heavy (non-hydrogen) atoms. The smallest absolute Gasteiger partial charge is 0.188 e. The van der Waals surface area contributed by atoms with Crippen molar-refractivity contribution < 1.29 is 8.78 Å². The molecule has 1 aromatic carbocycles. The third-order valence-corrected chi connectivity index (χ3v) is 2.84. The molecule has 1 aromatic heterocycles. The molecule has 0 saturated carbocycles. The Labute approximate surface area is 107 Å². The molecule has 90 valence electrons. The average Bonchev–Trinajstić information content (AvgIpc) is 2.38. The SMILES string of the molecule is CSc1ncc(-c2ccc(F)cc2F)c(C#N)n1. The van der Waals surface area contributed by atoms with Crippen LogP contribution in [0.2, 0.25) is 0 Å². The Bertz CT molecular complexity index is 638. The maximum Gasteiger partial charge on any atom is 0.188 e. The third-order valence-electron chi connectivity index (χ3n) is 2.28. The number of rotatable bonds is 2. The van der Waals surface area contributed by atoms with E-state index in [-0.39, 0.29) is 16.8 Å². The Kier molecular flexibility index (Phi) is 3.53. The van der Waals surface area contributed by atoms with Gasteiger partial charge in [0.25, 0.3) is 0 Å². The maximum atomic E-state index is 13.6. The van der Waals surface area contributed by atoms with Crippen LogP contribution >= 0.6 is 11.8 Å². The van der Waals surface area contributed by atoms with E-state index in [0.717, 1.165) is 12.1 Å². The molecule has 0 fully saturated rings. The highest BCUT2D eigenvalue weighted by Gasteiger charge is 2.13. The van der Waals surface area contributed by atoms with Gasteiger partial charge in [-0.3, -0.25) is 0 Å². The lowest BCUT2D eigenvalue weighted by Crippen LogP contribution is -1.96. The van der Waals surface area contributed by atoms with Crippen LogP contribution in [0.15, 0.2) is 29.6 Å². The second-order valence-electron chi connectivity index (χ2n) is 3.35. The van der Waals surface area contributed by atoms with E-state index in [9.17, 15) is 8.78 Å². The molecule has 6 heteroatoms. The van der Waals surface area contributed by atoms with Crippen molar-refractivity contribution in [2.75, 3.05) is 6.26 Å². The van der Waals surface area contributed by atoms with Crippen LogP contribution in [-0.2, 0) is 0 Å². The molecule has 0 aliphatic carbocycles. The maximum absolute atomic E-state index is 13.6. The summed E-state index contributed by atoms with van der Waals surface area (Å²) in [6.07, 6.45) is 3.14. The Balaban J connectivity index is 2.60. The molecular formula is C12H7F2N3S. The summed E-state index contributed by atoms with van der Waals surface area (Å²) >= 11 is 1.28.